The maximum absolute atomic E-state index is 10.3. The molecule has 0 spiro atoms. The zero-order chi connectivity index (χ0) is 7.56. The first-order valence-corrected chi connectivity index (χ1v) is 2.73. The van der Waals surface area contributed by atoms with E-state index in [2.05, 4.69) is 0 Å². The molecule has 0 amide bonds. The Morgan fingerprint density at radius 1 is 1.27 bits per heavy atom. The number of carbonyl (C=O) groups is 1. The van der Waals surface area contributed by atoms with Crippen LogP contribution in [-0.4, -0.2) is 16.2 Å². The maximum atomic E-state index is 10.3. The first-order chi connectivity index (χ1) is 4.72. The van der Waals surface area contributed by atoms with Gasteiger partial charge < -0.3 is 10.2 Å². The van der Waals surface area contributed by atoms with Crippen molar-refractivity contribution in [1.29, 1.82) is 0 Å². The van der Waals surface area contributed by atoms with Crippen molar-refractivity contribution in [1.82, 2.24) is 0 Å². The average molecular weight is 190 g/mol. The summed E-state index contributed by atoms with van der Waals surface area (Å²) < 4.78 is 0. The molecule has 0 unspecified atom stereocenters. The summed E-state index contributed by atoms with van der Waals surface area (Å²) in [6.45, 7) is 0. The molecule has 0 heterocycles. The Kier molecular flexibility index (Phi) is 3.66. The van der Waals surface area contributed by atoms with Crippen LogP contribution in [0.15, 0.2) is 24.3 Å². The van der Waals surface area contributed by atoms with E-state index in [1.807, 2.05) is 0 Å². The maximum Gasteiger partial charge on any atom is 0.339 e. The van der Waals surface area contributed by atoms with E-state index in [1.165, 1.54) is 12.1 Å². The molecule has 0 fully saturated rings. The van der Waals surface area contributed by atoms with Crippen molar-refractivity contribution in [3.63, 3.8) is 0 Å². The van der Waals surface area contributed by atoms with Gasteiger partial charge in [-0.25, -0.2) is 4.79 Å². The summed E-state index contributed by atoms with van der Waals surface area (Å²) in [5.41, 5.74) is -0.0671. The molecule has 0 saturated carbocycles. The minimum Gasteiger partial charge on any atom is -0.507 e. The molecule has 4 heteroatoms. The number of rotatable bonds is 1. The standard InChI is InChI=1S/C7H6O3.Cr/c8-6-4-2-1-3-5(6)7(9)10;/h1-4,8H,(H,9,10);. The Morgan fingerprint density at radius 2 is 1.82 bits per heavy atom. The van der Waals surface area contributed by atoms with E-state index in [4.69, 9.17) is 10.2 Å². The van der Waals surface area contributed by atoms with E-state index in [0.717, 1.165) is 0 Å². The van der Waals surface area contributed by atoms with Crippen molar-refractivity contribution in [2.45, 2.75) is 0 Å². The molecule has 0 aliphatic rings. The Morgan fingerprint density at radius 3 is 2.18 bits per heavy atom. The van der Waals surface area contributed by atoms with Gasteiger partial charge in [-0.05, 0) is 12.1 Å². The summed E-state index contributed by atoms with van der Waals surface area (Å²) in [6, 6.07) is 5.81. The molecule has 0 aliphatic heterocycles. The molecule has 1 aromatic carbocycles. The molecular formula is C7H6CrO3. The molecular weight excluding hydrogens is 184 g/mol. The number of para-hydroxylation sites is 1. The van der Waals surface area contributed by atoms with Gasteiger partial charge in [0.25, 0.3) is 0 Å². The molecule has 0 saturated heterocycles. The third-order valence-electron chi connectivity index (χ3n) is 1.13. The second kappa shape index (κ2) is 4.02. The van der Waals surface area contributed by atoms with Gasteiger partial charge in [0.1, 0.15) is 11.3 Å². The Bertz CT molecular complexity index is 260. The number of hydrogen-bond donors (Lipinski definition) is 2. The molecule has 0 aromatic heterocycles. The molecule has 3 nitrogen and oxygen atoms in total. The van der Waals surface area contributed by atoms with E-state index in [0.29, 0.717) is 0 Å². The fourth-order valence-electron chi connectivity index (χ4n) is 0.654. The van der Waals surface area contributed by atoms with Gasteiger partial charge in [-0.1, -0.05) is 12.1 Å². The predicted octanol–water partition coefficient (Wildman–Crippen LogP) is 1.09. The van der Waals surface area contributed by atoms with Crippen LogP contribution in [0.25, 0.3) is 0 Å². The van der Waals surface area contributed by atoms with Gasteiger partial charge in [0.15, 0.2) is 0 Å². The van der Waals surface area contributed by atoms with Crippen molar-refractivity contribution in [3.05, 3.63) is 29.8 Å². The van der Waals surface area contributed by atoms with Crippen LogP contribution >= 0.6 is 0 Å². The van der Waals surface area contributed by atoms with Crippen molar-refractivity contribution in [3.8, 4) is 5.75 Å². The normalized spacial score (nSPS) is 8.36. The molecule has 0 radical (unpaired) electrons. The fraction of sp³-hybridized carbons (Fsp3) is 0. The SMILES string of the molecule is O=C(O)c1ccccc1O.[Cr]. The summed E-state index contributed by atoms with van der Waals surface area (Å²) in [5.74, 6) is -1.31. The largest absolute Gasteiger partial charge is 0.507 e. The summed E-state index contributed by atoms with van der Waals surface area (Å²) in [4.78, 5) is 10.3. The van der Waals surface area contributed by atoms with Crippen molar-refractivity contribution in [2.24, 2.45) is 0 Å². The number of aromatic carboxylic acids is 1. The van der Waals surface area contributed by atoms with Crippen LogP contribution in [0.4, 0.5) is 0 Å². The average Bonchev–Trinajstić information content (AvgIpc) is 1.88. The van der Waals surface area contributed by atoms with Crippen molar-refractivity contribution >= 4 is 5.97 Å². The minimum atomic E-state index is -1.11. The third kappa shape index (κ3) is 2.26. The monoisotopic (exact) mass is 190 g/mol. The van der Waals surface area contributed by atoms with Gasteiger partial charge in [-0.2, -0.15) is 0 Å². The molecule has 0 atom stereocenters. The Hall–Kier alpha value is -0.978. The molecule has 58 valence electrons. The number of carboxylic acid groups (broad SMARTS) is 1. The summed E-state index contributed by atoms with van der Waals surface area (Å²) in [5, 5.41) is 17.3. The number of aromatic hydroxyl groups is 1. The summed E-state index contributed by atoms with van der Waals surface area (Å²) >= 11 is 0. The van der Waals surface area contributed by atoms with Gasteiger partial charge >= 0.3 is 5.97 Å². The smallest absolute Gasteiger partial charge is 0.339 e. The van der Waals surface area contributed by atoms with Crippen LogP contribution in [0.3, 0.4) is 0 Å². The van der Waals surface area contributed by atoms with E-state index >= 15 is 0 Å². The first-order valence-electron chi connectivity index (χ1n) is 2.73. The third-order valence-corrected chi connectivity index (χ3v) is 1.13. The molecule has 11 heavy (non-hydrogen) atoms. The fourth-order valence-corrected chi connectivity index (χ4v) is 0.654. The summed E-state index contributed by atoms with van der Waals surface area (Å²) in [6.07, 6.45) is 0. The second-order valence-electron chi connectivity index (χ2n) is 1.82. The van der Waals surface area contributed by atoms with E-state index < -0.39 is 5.97 Å². The molecule has 2 N–H and O–H groups in total. The zero-order valence-electron chi connectivity index (χ0n) is 5.52. The van der Waals surface area contributed by atoms with Gasteiger partial charge in [0.2, 0.25) is 0 Å². The number of phenols is 1. The van der Waals surface area contributed by atoms with Crippen LogP contribution < -0.4 is 0 Å². The number of benzene rings is 1. The first kappa shape index (κ1) is 10.0. The van der Waals surface area contributed by atoms with Crippen LogP contribution in [0, 0.1) is 0 Å². The Balaban J connectivity index is 0.000001000. The van der Waals surface area contributed by atoms with Crippen LogP contribution in [-0.2, 0) is 17.4 Å². The molecule has 0 aliphatic carbocycles. The van der Waals surface area contributed by atoms with E-state index in [9.17, 15) is 4.79 Å². The minimum absolute atomic E-state index is 0. The number of carboxylic acids is 1. The van der Waals surface area contributed by atoms with Crippen LogP contribution in [0.1, 0.15) is 10.4 Å². The summed E-state index contributed by atoms with van der Waals surface area (Å²) in [7, 11) is 0. The van der Waals surface area contributed by atoms with Gasteiger partial charge in [0.05, 0.1) is 0 Å². The van der Waals surface area contributed by atoms with Crippen LogP contribution in [0.5, 0.6) is 5.75 Å². The van der Waals surface area contributed by atoms with E-state index in [1.54, 1.807) is 12.1 Å². The topological polar surface area (TPSA) is 57.5 Å². The Labute approximate surface area is 74.4 Å². The predicted molar refractivity (Wildman–Crippen MR) is 35.1 cm³/mol. The van der Waals surface area contributed by atoms with Gasteiger partial charge in [-0.3, -0.25) is 0 Å². The van der Waals surface area contributed by atoms with Gasteiger partial charge in [0, 0.05) is 17.4 Å². The quantitative estimate of drug-likeness (QED) is 0.696. The molecule has 1 rings (SSSR count). The van der Waals surface area contributed by atoms with Crippen molar-refractivity contribution in [2.75, 3.05) is 0 Å². The van der Waals surface area contributed by atoms with E-state index in [-0.39, 0.29) is 28.7 Å². The molecule has 1 aromatic rings. The second-order valence-corrected chi connectivity index (χ2v) is 1.82. The number of hydrogen-bond acceptors (Lipinski definition) is 2. The van der Waals surface area contributed by atoms with Gasteiger partial charge in [-0.15, -0.1) is 0 Å². The van der Waals surface area contributed by atoms with Crippen LogP contribution in [0.2, 0.25) is 0 Å². The molecule has 0 bridgehead atoms. The zero-order valence-corrected chi connectivity index (χ0v) is 6.80. The van der Waals surface area contributed by atoms with Crippen molar-refractivity contribution < 1.29 is 32.4 Å².